The molecule has 2 rings (SSSR count). The zero-order valence-corrected chi connectivity index (χ0v) is 23.0. The van der Waals surface area contributed by atoms with Crippen molar-refractivity contribution in [2.45, 2.75) is 64.6 Å². The van der Waals surface area contributed by atoms with Gasteiger partial charge in [0.2, 0.25) is 17.7 Å². The van der Waals surface area contributed by atoms with Crippen molar-refractivity contribution in [3.8, 4) is 0 Å². The summed E-state index contributed by atoms with van der Waals surface area (Å²) in [4.78, 5) is 68.5. The molecule has 0 aromatic heterocycles. The molecule has 3 atom stereocenters. The average molecular weight is 560 g/mol. The normalized spacial score (nSPS) is 16.4. The number of anilines is 1. The summed E-state index contributed by atoms with van der Waals surface area (Å²) in [7, 11) is 0. The van der Waals surface area contributed by atoms with Gasteiger partial charge in [0.25, 0.3) is 5.91 Å². The van der Waals surface area contributed by atoms with E-state index in [9.17, 15) is 28.4 Å². The number of carbonyl (C=O) groups is 5. The molecule has 218 valence electrons. The lowest BCUT2D eigenvalue weighted by atomic mass is 10.0. The molecule has 40 heavy (non-hydrogen) atoms. The van der Waals surface area contributed by atoms with Crippen molar-refractivity contribution in [2.24, 2.45) is 16.6 Å². The maximum absolute atomic E-state index is 13.6. The van der Waals surface area contributed by atoms with E-state index in [1.807, 2.05) is 0 Å². The average Bonchev–Trinajstić information content (AvgIpc) is 3.39. The number of nitrogens with zero attached hydrogens (tertiary/aromatic N) is 2. The van der Waals surface area contributed by atoms with Crippen LogP contribution in [0.5, 0.6) is 0 Å². The van der Waals surface area contributed by atoms with Gasteiger partial charge < -0.3 is 26.6 Å². The third kappa shape index (κ3) is 9.54. The molecule has 1 aromatic rings. The summed E-state index contributed by atoms with van der Waals surface area (Å²) < 4.78 is 13.2. The highest BCUT2D eigenvalue weighted by Crippen LogP contribution is 2.21. The zero-order chi connectivity index (χ0) is 29.8. The highest BCUT2D eigenvalue weighted by atomic mass is 19.1. The summed E-state index contributed by atoms with van der Waals surface area (Å²) in [6.07, 6.45) is 2.54. The number of Topliss-reactive ketones (excluding diaryl/α,β-unsaturated/α-hetero) is 1. The van der Waals surface area contributed by atoms with Gasteiger partial charge >= 0.3 is 0 Å². The number of ketones is 1. The van der Waals surface area contributed by atoms with Crippen LogP contribution in [0.1, 0.15) is 56.8 Å². The maximum atomic E-state index is 13.6. The predicted octanol–water partition coefficient (Wildman–Crippen LogP) is 1.20. The minimum atomic E-state index is -1.25. The van der Waals surface area contributed by atoms with E-state index in [-0.39, 0.29) is 42.7 Å². The number of rotatable bonds is 14. The smallest absolute Gasteiger partial charge is 0.252 e. The number of amidine groups is 1. The van der Waals surface area contributed by atoms with Crippen LogP contribution in [0.2, 0.25) is 0 Å². The fraction of sp³-hybridized carbons (Fsp3) is 0.519. The molecular weight excluding hydrogens is 521 g/mol. The molecule has 0 aliphatic carbocycles. The van der Waals surface area contributed by atoms with Crippen molar-refractivity contribution >= 4 is 47.1 Å². The summed E-state index contributed by atoms with van der Waals surface area (Å²) in [6, 6.07) is 3.40. The number of alkyl halides is 1. The predicted molar refractivity (Wildman–Crippen MR) is 149 cm³/mol. The van der Waals surface area contributed by atoms with Crippen molar-refractivity contribution in [3.63, 3.8) is 0 Å². The van der Waals surface area contributed by atoms with Gasteiger partial charge in [-0.1, -0.05) is 19.9 Å². The third-order valence-electron chi connectivity index (χ3n) is 6.35. The Morgan fingerprint density at radius 3 is 2.58 bits per heavy atom. The van der Waals surface area contributed by atoms with Crippen molar-refractivity contribution in [1.82, 2.24) is 15.5 Å². The van der Waals surface area contributed by atoms with Crippen LogP contribution in [0.15, 0.2) is 29.3 Å². The molecule has 6 N–H and O–H groups in total. The Morgan fingerprint density at radius 2 is 1.95 bits per heavy atom. The van der Waals surface area contributed by atoms with Crippen LogP contribution in [-0.2, 0) is 19.2 Å². The fourth-order valence-electron chi connectivity index (χ4n) is 4.39. The Morgan fingerprint density at radius 1 is 1.23 bits per heavy atom. The third-order valence-corrected chi connectivity index (χ3v) is 6.35. The number of benzene rings is 1. The number of nitrogens with one attached hydrogen (secondary N) is 4. The van der Waals surface area contributed by atoms with Crippen LogP contribution in [0, 0.1) is 11.3 Å². The van der Waals surface area contributed by atoms with E-state index in [1.54, 1.807) is 32.0 Å². The standard InChI is InChI=1S/C27H38FN7O5/c1-16(2)24(34-25(38)18-7-4-8-19(13-18)32-17(3)36)27(40)35-12-6-10-21(35)26(39)33-20(22(37)14-28)9-5-11-31-15-23(29)30/h4,7-8,13,15-16,20-21,24H,5-6,9-12,14H2,1-3H3,(H3,29,30)(H,32,36)(H,33,39)(H,34,38). The van der Waals surface area contributed by atoms with Crippen LogP contribution in [-0.4, -0.2) is 84.3 Å². The van der Waals surface area contributed by atoms with E-state index in [0.29, 0.717) is 24.9 Å². The maximum Gasteiger partial charge on any atom is 0.252 e. The minimum absolute atomic E-state index is 0.132. The second-order valence-corrected chi connectivity index (χ2v) is 9.94. The van der Waals surface area contributed by atoms with E-state index in [1.165, 1.54) is 17.9 Å². The van der Waals surface area contributed by atoms with E-state index >= 15 is 0 Å². The Balaban J connectivity index is 2.11. The van der Waals surface area contributed by atoms with E-state index in [2.05, 4.69) is 20.9 Å². The first-order valence-corrected chi connectivity index (χ1v) is 13.2. The molecule has 13 heteroatoms. The molecule has 1 aliphatic rings. The van der Waals surface area contributed by atoms with Gasteiger partial charge in [-0.05, 0) is 49.8 Å². The Bertz CT molecular complexity index is 1140. The molecule has 0 bridgehead atoms. The lowest BCUT2D eigenvalue weighted by molar-refractivity contribution is -0.141. The highest BCUT2D eigenvalue weighted by Gasteiger charge is 2.39. The molecule has 0 radical (unpaired) electrons. The Kier molecular flexibility index (Phi) is 12.4. The van der Waals surface area contributed by atoms with Crippen molar-refractivity contribution in [2.75, 3.05) is 25.1 Å². The van der Waals surface area contributed by atoms with Gasteiger partial charge in [-0.15, -0.1) is 0 Å². The van der Waals surface area contributed by atoms with Crippen molar-refractivity contribution < 1.29 is 28.4 Å². The van der Waals surface area contributed by atoms with Crippen LogP contribution >= 0.6 is 0 Å². The highest BCUT2D eigenvalue weighted by molar-refractivity contribution is 6.27. The number of halogens is 1. The second-order valence-electron chi connectivity index (χ2n) is 9.94. The SMILES string of the molecule is CC(=O)Nc1cccc(C(=O)NC(C(=O)N2CCCC2C(=O)NC(CCCN=CC(=N)N)C(=O)CF)C(C)C)c1. The topological polar surface area (TPSA) is 187 Å². The molecule has 4 amide bonds. The van der Waals surface area contributed by atoms with Gasteiger partial charge in [0, 0.05) is 31.3 Å². The summed E-state index contributed by atoms with van der Waals surface area (Å²) in [5.74, 6) is -3.12. The van der Waals surface area contributed by atoms with Gasteiger partial charge in [0.1, 0.15) is 24.6 Å². The molecule has 1 saturated heterocycles. The molecule has 1 aromatic carbocycles. The Labute approximate surface area is 232 Å². The largest absolute Gasteiger partial charge is 0.383 e. The van der Waals surface area contributed by atoms with Gasteiger partial charge in [0.05, 0.1) is 12.3 Å². The van der Waals surface area contributed by atoms with E-state index < -0.39 is 48.3 Å². The molecule has 1 fully saturated rings. The number of likely N-dealkylation sites (tertiary alicyclic amines) is 1. The summed E-state index contributed by atoms with van der Waals surface area (Å²) in [6.45, 7) is 4.17. The quantitative estimate of drug-likeness (QED) is 0.129. The van der Waals surface area contributed by atoms with E-state index in [4.69, 9.17) is 11.1 Å². The summed E-state index contributed by atoms with van der Waals surface area (Å²) in [5, 5.41) is 15.1. The number of amides is 4. The summed E-state index contributed by atoms with van der Waals surface area (Å²) in [5.41, 5.74) is 5.89. The fourth-order valence-corrected chi connectivity index (χ4v) is 4.39. The number of aliphatic imine (C=N–C) groups is 1. The minimum Gasteiger partial charge on any atom is -0.383 e. The lowest BCUT2D eigenvalue weighted by Crippen LogP contribution is -2.56. The first-order chi connectivity index (χ1) is 18.9. The lowest BCUT2D eigenvalue weighted by Gasteiger charge is -2.31. The molecule has 0 saturated carbocycles. The molecular formula is C27H38FN7O5. The summed E-state index contributed by atoms with van der Waals surface area (Å²) >= 11 is 0. The first-order valence-electron chi connectivity index (χ1n) is 13.2. The van der Waals surface area contributed by atoms with Crippen LogP contribution in [0.25, 0.3) is 0 Å². The van der Waals surface area contributed by atoms with Crippen molar-refractivity contribution in [1.29, 1.82) is 5.41 Å². The van der Waals surface area contributed by atoms with E-state index in [0.717, 1.165) is 6.21 Å². The van der Waals surface area contributed by atoms with Crippen LogP contribution in [0.4, 0.5) is 10.1 Å². The Hall–Kier alpha value is -4.16. The van der Waals surface area contributed by atoms with Gasteiger partial charge in [-0.25, -0.2) is 4.39 Å². The monoisotopic (exact) mass is 559 g/mol. The van der Waals surface area contributed by atoms with Gasteiger partial charge in [0.15, 0.2) is 5.78 Å². The second kappa shape index (κ2) is 15.4. The number of carbonyl (C=O) groups excluding carboxylic acids is 5. The van der Waals surface area contributed by atoms with Crippen LogP contribution in [0.3, 0.4) is 0 Å². The van der Waals surface area contributed by atoms with Crippen molar-refractivity contribution in [3.05, 3.63) is 29.8 Å². The molecule has 12 nitrogen and oxygen atoms in total. The molecule has 1 aliphatic heterocycles. The van der Waals surface area contributed by atoms with Gasteiger partial charge in [-0.3, -0.25) is 34.4 Å². The molecule has 3 unspecified atom stereocenters. The first kappa shape index (κ1) is 32.1. The van der Waals surface area contributed by atoms with Crippen LogP contribution < -0.4 is 21.7 Å². The number of nitrogens with two attached hydrogens (primary N) is 1. The zero-order valence-electron chi connectivity index (χ0n) is 23.0. The number of hydrogen-bond acceptors (Lipinski definition) is 7. The van der Waals surface area contributed by atoms with Gasteiger partial charge in [-0.2, -0.15) is 0 Å². The molecule has 0 spiro atoms. The number of hydrogen-bond donors (Lipinski definition) is 5. The molecule has 1 heterocycles.